The van der Waals surface area contributed by atoms with E-state index in [0.717, 1.165) is 5.56 Å². The smallest absolute Gasteiger partial charge is 0.257 e. The second-order valence-electron chi connectivity index (χ2n) is 7.48. The summed E-state index contributed by atoms with van der Waals surface area (Å²) < 4.78 is 4.99. The quantitative estimate of drug-likeness (QED) is 0.726. The second-order valence-corrected chi connectivity index (χ2v) is 7.48. The lowest BCUT2D eigenvalue weighted by molar-refractivity contribution is -0.123. The normalized spacial score (nSPS) is 16.0. The molecule has 1 fully saturated rings. The van der Waals surface area contributed by atoms with Crippen LogP contribution < -0.4 is 5.32 Å². The number of furan rings is 1. The van der Waals surface area contributed by atoms with Crippen molar-refractivity contribution < 1.29 is 14.0 Å². The van der Waals surface area contributed by atoms with Crippen LogP contribution in [0.3, 0.4) is 0 Å². The molecule has 2 aromatic carbocycles. The van der Waals surface area contributed by atoms with E-state index in [2.05, 4.69) is 40.5 Å². The number of carbonyl (C=O) groups excluding carboxylic acids is 2. The fourth-order valence-corrected chi connectivity index (χ4v) is 3.73. The summed E-state index contributed by atoms with van der Waals surface area (Å²) in [5, 5.41) is 5.45. The Morgan fingerprint density at radius 3 is 2.52 bits per heavy atom. The summed E-state index contributed by atoms with van der Waals surface area (Å²) >= 11 is 0. The molecule has 150 valence electrons. The Labute approximate surface area is 170 Å². The number of hydrogen-bond donors (Lipinski definition) is 1. The SMILES string of the molecule is CC(NC(=O)CN1CCN(C(=O)c2ccoc2)CC1)c1ccc2ccccc2c1. The van der Waals surface area contributed by atoms with E-state index in [0.29, 0.717) is 38.3 Å². The zero-order valence-electron chi connectivity index (χ0n) is 16.5. The van der Waals surface area contributed by atoms with Crippen LogP contribution in [0.15, 0.2) is 65.5 Å². The van der Waals surface area contributed by atoms with E-state index in [4.69, 9.17) is 4.42 Å². The third-order valence-corrected chi connectivity index (χ3v) is 5.45. The molecule has 6 heteroatoms. The van der Waals surface area contributed by atoms with Crippen molar-refractivity contribution >= 4 is 22.6 Å². The average Bonchev–Trinajstić information content (AvgIpc) is 3.28. The molecule has 1 aliphatic rings. The van der Waals surface area contributed by atoms with Crippen LogP contribution in [0.4, 0.5) is 0 Å². The van der Waals surface area contributed by atoms with Gasteiger partial charge in [0.15, 0.2) is 0 Å². The van der Waals surface area contributed by atoms with Crippen LogP contribution in [0.5, 0.6) is 0 Å². The molecule has 1 saturated heterocycles. The van der Waals surface area contributed by atoms with Crippen molar-refractivity contribution in [3.05, 3.63) is 72.2 Å². The molecule has 1 N–H and O–H groups in total. The molecule has 1 aliphatic heterocycles. The minimum Gasteiger partial charge on any atom is -0.472 e. The second kappa shape index (κ2) is 8.49. The molecule has 6 nitrogen and oxygen atoms in total. The van der Waals surface area contributed by atoms with Gasteiger partial charge in [-0.2, -0.15) is 0 Å². The minimum atomic E-state index is -0.0592. The van der Waals surface area contributed by atoms with E-state index in [9.17, 15) is 9.59 Å². The summed E-state index contributed by atoms with van der Waals surface area (Å²) in [5.74, 6) is -0.0203. The lowest BCUT2D eigenvalue weighted by Gasteiger charge is -2.34. The van der Waals surface area contributed by atoms with Gasteiger partial charge in [-0.05, 0) is 35.4 Å². The number of amides is 2. The highest BCUT2D eigenvalue weighted by molar-refractivity contribution is 5.93. The summed E-state index contributed by atoms with van der Waals surface area (Å²) in [6, 6.07) is 16.1. The van der Waals surface area contributed by atoms with Gasteiger partial charge in [0.1, 0.15) is 6.26 Å². The van der Waals surface area contributed by atoms with Gasteiger partial charge in [-0.3, -0.25) is 14.5 Å². The van der Waals surface area contributed by atoms with E-state index in [1.807, 2.05) is 19.1 Å². The van der Waals surface area contributed by atoms with Gasteiger partial charge < -0.3 is 14.6 Å². The van der Waals surface area contributed by atoms with Gasteiger partial charge in [0, 0.05) is 26.2 Å². The number of hydrogen-bond acceptors (Lipinski definition) is 4. The van der Waals surface area contributed by atoms with Crippen LogP contribution in [-0.4, -0.2) is 54.3 Å². The molecule has 2 heterocycles. The maximum Gasteiger partial charge on any atom is 0.257 e. The Morgan fingerprint density at radius 2 is 1.79 bits per heavy atom. The lowest BCUT2D eigenvalue weighted by atomic mass is 10.0. The molecule has 1 aromatic heterocycles. The molecule has 3 aromatic rings. The number of piperazine rings is 1. The standard InChI is InChI=1S/C23H25N3O3/c1-17(19-7-6-18-4-2-3-5-20(18)14-19)24-22(27)15-25-9-11-26(12-10-25)23(28)21-8-13-29-16-21/h2-8,13-14,16-17H,9-12,15H2,1H3,(H,24,27). The predicted octanol–water partition coefficient (Wildman–Crippen LogP) is 3.07. The minimum absolute atomic E-state index is 0.000250. The molecular weight excluding hydrogens is 366 g/mol. The number of benzene rings is 2. The van der Waals surface area contributed by atoms with E-state index in [1.165, 1.54) is 23.3 Å². The Hall–Kier alpha value is -3.12. The van der Waals surface area contributed by atoms with Gasteiger partial charge in [-0.1, -0.05) is 36.4 Å². The molecule has 2 amide bonds. The van der Waals surface area contributed by atoms with Crippen molar-refractivity contribution in [1.29, 1.82) is 0 Å². The van der Waals surface area contributed by atoms with Gasteiger partial charge in [-0.15, -0.1) is 0 Å². The van der Waals surface area contributed by atoms with Crippen molar-refractivity contribution in [3.8, 4) is 0 Å². The highest BCUT2D eigenvalue weighted by Crippen LogP contribution is 2.20. The van der Waals surface area contributed by atoms with Crippen molar-refractivity contribution in [3.63, 3.8) is 0 Å². The van der Waals surface area contributed by atoms with Gasteiger partial charge >= 0.3 is 0 Å². The summed E-state index contributed by atoms with van der Waals surface area (Å²) in [4.78, 5) is 28.8. The Kier molecular flexibility index (Phi) is 5.62. The van der Waals surface area contributed by atoms with Crippen LogP contribution in [0.1, 0.15) is 28.9 Å². The summed E-state index contributed by atoms with van der Waals surface area (Å²) in [7, 11) is 0. The number of fused-ring (bicyclic) bond motifs is 1. The third-order valence-electron chi connectivity index (χ3n) is 5.45. The van der Waals surface area contributed by atoms with Crippen LogP contribution >= 0.6 is 0 Å². The average molecular weight is 391 g/mol. The van der Waals surface area contributed by atoms with Crippen LogP contribution in [0, 0.1) is 0 Å². The molecule has 4 rings (SSSR count). The fraction of sp³-hybridized carbons (Fsp3) is 0.304. The third kappa shape index (κ3) is 4.49. The first-order chi connectivity index (χ1) is 14.1. The molecule has 1 unspecified atom stereocenters. The highest BCUT2D eigenvalue weighted by atomic mass is 16.3. The Balaban J connectivity index is 1.28. The van der Waals surface area contributed by atoms with E-state index < -0.39 is 0 Å². The highest BCUT2D eigenvalue weighted by Gasteiger charge is 2.24. The first-order valence-corrected chi connectivity index (χ1v) is 9.92. The monoisotopic (exact) mass is 391 g/mol. The van der Waals surface area contributed by atoms with E-state index in [-0.39, 0.29) is 17.9 Å². The number of nitrogens with zero attached hydrogens (tertiary/aromatic N) is 2. The molecule has 29 heavy (non-hydrogen) atoms. The summed E-state index contributed by atoms with van der Waals surface area (Å²) in [6.45, 7) is 4.92. The summed E-state index contributed by atoms with van der Waals surface area (Å²) in [6.07, 6.45) is 2.97. The van der Waals surface area contributed by atoms with Crippen LogP contribution in [0.25, 0.3) is 10.8 Å². The molecule has 0 spiro atoms. The topological polar surface area (TPSA) is 65.8 Å². The molecule has 0 saturated carbocycles. The molecule has 0 bridgehead atoms. The van der Waals surface area contributed by atoms with Crippen LogP contribution in [0.2, 0.25) is 0 Å². The number of carbonyl (C=O) groups is 2. The fourth-order valence-electron chi connectivity index (χ4n) is 3.73. The lowest BCUT2D eigenvalue weighted by Crippen LogP contribution is -2.51. The summed E-state index contributed by atoms with van der Waals surface area (Å²) in [5.41, 5.74) is 1.66. The van der Waals surface area contributed by atoms with Crippen molar-refractivity contribution in [2.24, 2.45) is 0 Å². The van der Waals surface area contributed by atoms with Gasteiger partial charge in [0.25, 0.3) is 5.91 Å². The van der Waals surface area contributed by atoms with Gasteiger partial charge in [0.05, 0.1) is 24.4 Å². The first-order valence-electron chi connectivity index (χ1n) is 9.92. The van der Waals surface area contributed by atoms with Crippen molar-refractivity contribution in [2.45, 2.75) is 13.0 Å². The zero-order valence-corrected chi connectivity index (χ0v) is 16.5. The molecule has 0 aliphatic carbocycles. The predicted molar refractivity (Wildman–Crippen MR) is 112 cm³/mol. The number of nitrogens with one attached hydrogen (secondary N) is 1. The number of rotatable bonds is 5. The maximum atomic E-state index is 12.5. The maximum absolute atomic E-state index is 12.5. The van der Waals surface area contributed by atoms with Crippen molar-refractivity contribution in [1.82, 2.24) is 15.1 Å². The zero-order chi connectivity index (χ0) is 20.2. The molecular formula is C23H25N3O3. The van der Waals surface area contributed by atoms with Gasteiger partial charge in [0.2, 0.25) is 5.91 Å². The molecule has 1 atom stereocenters. The van der Waals surface area contributed by atoms with Crippen LogP contribution in [-0.2, 0) is 4.79 Å². The largest absolute Gasteiger partial charge is 0.472 e. The Morgan fingerprint density at radius 1 is 1.03 bits per heavy atom. The van der Waals surface area contributed by atoms with Gasteiger partial charge in [-0.25, -0.2) is 0 Å². The molecule has 0 radical (unpaired) electrons. The Bertz CT molecular complexity index is 992. The first kappa shape index (κ1) is 19.2. The van der Waals surface area contributed by atoms with E-state index >= 15 is 0 Å². The van der Waals surface area contributed by atoms with Crippen molar-refractivity contribution in [2.75, 3.05) is 32.7 Å². The van der Waals surface area contributed by atoms with E-state index in [1.54, 1.807) is 11.0 Å².